The van der Waals surface area contributed by atoms with E-state index in [4.69, 9.17) is 9.84 Å². The number of hydrogen-bond acceptors (Lipinski definition) is 3. The van der Waals surface area contributed by atoms with E-state index < -0.39 is 5.97 Å². The van der Waals surface area contributed by atoms with Gasteiger partial charge in [-0.3, -0.25) is 4.79 Å². The van der Waals surface area contributed by atoms with Crippen LogP contribution in [-0.4, -0.2) is 34.3 Å². The first kappa shape index (κ1) is 12.6. The minimum atomic E-state index is -0.724. The zero-order chi connectivity index (χ0) is 12.4. The van der Waals surface area contributed by atoms with Crippen molar-refractivity contribution < 1.29 is 14.6 Å². The highest BCUT2D eigenvalue weighted by atomic mass is 79.9. The third-order valence-electron chi connectivity index (χ3n) is 3.11. The third-order valence-corrected chi connectivity index (χ3v) is 3.75. The molecule has 0 aromatic carbocycles. The van der Waals surface area contributed by atoms with Crippen LogP contribution in [0.1, 0.15) is 17.9 Å². The van der Waals surface area contributed by atoms with E-state index in [9.17, 15) is 4.79 Å². The minimum absolute atomic E-state index is 0.301. The molecule has 94 valence electrons. The molecule has 0 saturated carbocycles. The van der Waals surface area contributed by atoms with Gasteiger partial charge in [0.15, 0.2) is 0 Å². The number of nitrogens with zero attached hydrogens (tertiary/aromatic N) is 2. The van der Waals surface area contributed by atoms with Crippen LogP contribution >= 0.6 is 15.9 Å². The van der Waals surface area contributed by atoms with Crippen LogP contribution < -0.4 is 0 Å². The van der Waals surface area contributed by atoms with Crippen molar-refractivity contribution in [3.63, 3.8) is 0 Å². The molecule has 1 aliphatic rings. The van der Waals surface area contributed by atoms with E-state index in [0.717, 1.165) is 22.5 Å². The molecular formula is C11H15BrN2O3. The van der Waals surface area contributed by atoms with Crippen LogP contribution in [0.15, 0.2) is 4.60 Å². The second-order valence-corrected chi connectivity index (χ2v) is 4.94. The highest BCUT2D eigenvalue weighted by molar-refractivity contribution is 9.10. The van der Waals surface area contributed by atoms with Gasteiger partial charge in [0.2, 0.25) is 0 Å². The molecule has 5 nitrogen and oxygen atoms in total. The Morgan fingerprint density at radius 2 is 2.47 bits per heavy atom. The van der Waals surface area contributed by atoms with Gasteiger partial charge in [-0.15, -0.1) is 0 Å². The summed E-state index contributed by atoms with van der Waals surface area (Å²) in [6.45, 7) is 1.11. The van der Waals surface area contributed by atoms with Crippen molar-refractivity contribution in [2.24, 2.45) is 5.92 Å². The molecule has 2 rings (SSSR count). The molecule has 1 aromatic heterocycles. The van der Waals surface area contributed by atoms with Crippen molar-refractivity contribution >= 4 is 21.9 Å². The highest BCUT2D eigenvalue weighted by Crippen LogP contribution is 2.28. The number of rotatable bonds is 4. The molecule has 1 aromatic rings. The van der Waals surface area contributed by atoms with Gasteiger partial charge in [-0.25, -0.2) is 4.98 Å². The molecule has 0 spiro atoms. The van der Waals surface area contributed by atoms with Crippen LogP contribution in [-0.2, 0) is 28.9 Å². The first-order chi connectivity index (χ1) is 8.13. The number of hydrogen-bond donors (Lipinski definition) is 1. The van der Waals surface area contributed by atoms with E-state index in [1.165, 1.54) is 0 Å². The van der Waals surface area contributed by atoms with Gasteiger partial charge in [-0.2, -0.15) is 0 Å². The lowest BCUT2D eigenvalue weighted by Gasteiger charge is -2.22. The Bertz CT molecular complexity index is 431. The maximum Gasteiger partial charge on any atom is 0.308 e. The van der Waals surface area contributed by atoms with Gasteiger partial charge >= 0.3 is 5.97 Å². The van der Waals surface area contributed by atoms with Crippen molar-refractivity contribution in [1.82, 2.24) is 9.55 Å². The zero-order valence-corrected chi connectivity index (χ0v) is 11.2. The zero-order valence-electron chi connectivity index (χ0n) is 9.65. The molecule has 0 fully saturated rings. The van der Waals surface area contributed by atoms with E-state index in [1.54, 1.807) is 7.11 Å². The first-order valence-corrected chi connectivity index (χ1v) is 6.38. The normalized spacial score (nSPS) is 19.1. The maximum absolute atomic E-state index is 11.0. The summed E-state index contributed by atoms with van der Waals surface area (Å²) in [7, 11) is 1.65. The number of methoxy groups -OCH3 is 1. The number of aromatic nitrogens is 2. The summed E-state index contributed by atoms with van der Waals surface area (Å²) in [4.78, 5) is 15.5. The number of aliphatic carboxylic acids is 1. The summed E-state index contributed by atoms with van der Waals surface area (Å²) >= 11 is 3.43. The summed E-state index contributed by atoms with van der Waals surface area (Å²) in [6.07, 6.45) is 2.16. The quantitative estimate of drug-likeness (QED) is 0.915. The van der Waals surface area contributed by atoms with Crippen LogP contribution in [0, 0.1) is 5.92 Å². The van der Waals surface area contributed by atoms with Crippen LogP contribution in [0.2, 0.25) is 0 Å². The number of fused-ring (bicyclic) bond motifs is 1. The summed E-state index contributed by atoms with van der Waals surface area (Å²) < 4.78 is 7.89. The standard InChI is InChI=1S/C11H15BrN2O3/c1-17-5-4-9-13-10(12)8-3-2-7(11(15)16)6-14(8)9/h7H,2-6H2,1H3,(H,15,16). The monoisotopic (exact) mass is 302 g/mol. The Kier molecular flexibility index (Phi) is 3.83. The van der Waals surface area contributed by atoms with E-state index in [1.807, 2.05) is 4.57 Å². The molecule has 1 N–H and O–H groups in total. The molecule has 1 unspecified atom stereocenters. The molecular weight excluding hydrogens is 288 g/mol. The summed E-state index contributed by atoms with van der Waals surface area (Å²) in [5, 5.41) is 9.07. The molecule has 0 amide bonds. The lowest BCUT2D eigenvalue weighted by molar-refractivity contribution is -0.142. The number of imidazole rings is 1. The van der Waals surface area contributed by atoms with Crippen LogP contribution in [0.25, 0.3) is 0 Å². The fraction of sp³-hybridized carbons (Fsp3) is 0.636. The highest BCUT2D eigenvalue weighted by Gasteiger charge is 2.28. The first-order valence-electron chi connectivity index (χ1n) is 5.59. The second-order valence-electron chi connectivity index (χ2n) is 4.19. The summed E-state index contributed by atoms with van der Waals surface area (Å²) in [6, 6.07) is 0. The maximum atomic E-state index is 11.0. The van der Waals surface area contributed by atoms with Gasteiger partial charge in [-0.05, 0) is 28.8 Å². The Morgan fingerprint density at radius 1 is 1.71 bits per heavy atom. The topological polar surface area (TPSA) is 64.4 Å². The van der Waals surface area contributed by atoms with Gasteiger partial charge in [0.05, 0.1) is 18.2 Å². The smallest absolute Gasteiger partial charge is 0.308 e. The van der Waals surface area contributed by atoms with Crippen molar-refractivity contribution in [1.29, 1.82) is 0 Å². The van der Waals surface area contributed by atoms with Crippen molar-refractivity contribution in [2.45, 2.75) is 25.8 Å². The van der Waals surface area contributed by atoms with Gasteiger partial charge in [0.1, 0.15) is 10.4 Å². The number of carbonyl (C=O) groups is 1. The Hall–Kier alpha value is -0.880. The van der Waals surface area contributed by atoms with E-state index in [2.05, 4.69) is 20.9 Å². The largest absolute Gasteiger partial charge is 0.481 e. The molecule has 6 heteroatoms. The number of carboxylic acid groups (broad SMARTS) is 1. The Labute approximate surface area is 108 Å². The lowest BCUT2D eigenvalue weighted by atomic mass is 9.98. The van der Waals surface area contributed by atoms with Crippen LogP contribution in [0.3, 0.4) is 0 Å². The fourth-order valence-electron chi connectivity index (χ4n) is 2.17. The average Bonchev–Trinajstić information content (AvgIpc) is 2.63. The summed E-state index contributed by atoms with van der Waals surface area (Å²) in [5.41, 5.74) is 1.11. The lowest BCUT2D eigenvalue weighted by Crippen LogP contribution is -2.27. The molecule has 2 heterocycles. The van der Waals surface area contributed by atoms with Gasteiger partial charge in [0, 0.05) is 20.1 Å². The summed E-state index contributed by atoms with van der Waals surface area (Å²) in [5.74, 6) is -0.122. The molecule has 17 heavy (non-hydrogen) atoms. The molecule has 0 radical (unpaired) electrons. The van der Waals surface area contributed by atoms with Crippen LogP contribution in [0.5, 0.6) is 0 Å². The Morgan fingerprint density at radius 3 is 3.12 bits per heavy atom. The molecule has 0 aliphatic carbocycles. The molecule has 0 saturated heterocycles. The van der Waals surface area contributed by atoms with Gasteiger partial charge < -0.3 is 14.4 Å². The predicted molar refractivity (Wildman–Crippen MR) is 65.0 cm³/mol. The molecule has 0 bridgehead atoms. The molecule has 1 atom stereocenters. The van der Waals surface area contributed by atoms with E-state index >= 15 is 0 Å². The van der Waals surface area contributed by atoms with Crippen LogP contribution in [0.4, 0.5) is 0 Å². The number of ether oxygens (including phenoxy) is 1. The van der Waals surface area contributed by atoms with Gasteiger partial charge in [0.25, 0.3) is 0 Å². The van der Waals surface area contributed by atoms with E-state index in [0.29, 0.717) is 26.0 Å². The van der Waals surface area contributed by atoms with Crippen molar-refractivity contribution in [2.75, 3.05) is 13.7 Å². The molecule has 1 aliphatic heterocycles. The van der Waals surface area contributed by atoms with Crippen molar-refractivity contribution in [3.8, 4) is 0 Å². The second kappa shape index (κ2) is 5.18. The minimum Gasteiger partial charge on any atom is -0.481 e. The van der Waals surface area contributed by atoms with Crippen molar-refractivity contribution in [3.05, 3.63) is 16.1 Å². The number of carboxylic acids is 1. The SMILES string of the molecule is COCCc1nc(Br)c2n1CC(C(=O)O)CC2. The average molecular weight is 303 g/mol. The fourth-order valence-corrected chi connectivity index (χ4v) is 2.78. The van der Waals surface area contributed by atoms with Gasteiger partial charge in [-0.1, -0.05) is 0 Å². The Balaban J connectivity index is 2.24. The number of halogens is 1. The predicted octanol–water partition coefficient (Wildman–Crippen LogP) is 1.48. The van der Waals surface area contributed by atoms with E-state index in [-0.39, 0.29) is 5.92 Å². The third kappa shape index (κ3) is 2.52.